The maximum atomic E-state index is 12.5. The van der Waals surface area contributed by atoms with Crippen molar-refractivity contribution in [1.82, 2.24) is 0 Å². The Morgan fingerprint density at radius 3 is 1.97 bits per heavy atom. The van der Waals surface area contributed by atoms with Gasteiger partial charge in [-0.3, -0.25) is 0 Å². The van der Waals surface area contributed by atoms with Crippen molar-refractivity contribution in [3.8, 4) is 17.2 Å². The van der Waals surface area contributed by atoms with Crippen LogP contribution in [0.3, 0.4) is 0 Å². The quantitative estimate of drug-likeness (QED) is 0.441. The molecule has 2 aromatic rings. The standard InChI is InChI=1S/C29H41NO5/c1-32-25-18-19-26(27(20-25)33-2)29(30)22-14-16-23(17-15-22)34-21-28(31)35-24-12-10-8-6-4-3-5-7-9-11-13-24/h14-20,24,29H,3-13,21,30H2,1-2H3. The first kappa shape index (κ1) is 26.9. The fraction of sp³-hybridized carbons (Fsp3) is 0.552. The molecule has 0 aromatic heterocycles. The SMILES string of the molecule is COc1ccc(C(N)c2ccc(OCC(=O)OC3CCCCCCCCCCC3)cc2)c(OC)c1. The van der Waals surface area contributed by atoms with Crippen molar-refractivity contribution in [1.29, 1.82) is 0 Å². The first-order valence-electron chi connectivity index (χ1n) is 13.0. The van der Waals surface area contributed by atoms with Gasteiger partial charge in [-0.25, -0.2) is 4.79 Å². The zero-order valence-corrected chi connectivity index (χ0v) is 21.3. The van der Waals surface area contributed by atoms with Gasteiger partial charge in [0.2, 0.25) is 0 Å². The summed E-state index contributed by atoms with van der Waals surface area (Å²) >= 11 is 0. The molecule has 0 heterocycles. The molecule has 0 saturated heterocycles. The highest BCUT2D eigenvalue weighted by Crippen LogP contribution is 2.32. The number of ether oxygens (including phenoxy) is 4. The number of hydrogen-bond acceptors (Lipinski definition) is 6. The minimum atomic E-state index is -0.365. The Morgan fingerprint density at radius 1 is 0.829 bits per heavy atom. The van der Waals surface area contributed by atoms with E-state index in [9.17, 15) is 4.79 Å². The monoisotopic (exact) mass is 483 g/mol. The molecule has 2 aromatic carbocycles. The highest BCUT2D eigenvalue weighted by molar-refractivity contribution is 5.71. The Balaban J connectivity index is 1.50. The zero-order valence-electron chi connectivity index (χ0n) is 21.3. The van der Waals surface area contributed by atoms with Gasteiger partial charge in [-0.15, -0.1) is 0 Å². The van der Waals surface area contributed by atoms with Gasteiger partial charge in [0.05, 0.1) is 20.3 Å². The summed E-state index contributed by atoms with van der Waals surface area (Å²) in [6.07, 6.45) is 13.2. The first-order chi connectivity index (χ1) is 17.1. The van der Waals surface area contributed by atoms with Gasteiger partial charge in [0.15, 0.2) is 6.61 Å². The van der Waals surface area contributed by atoms with Gasteiger partial charge in [0, 0.05) is 11.6 Å². The van der Waals surface area contributed by atoms with Crippen LogP contribution in [0, 0.1) is 0 Å². The van der Waals surface area contributed by atoms with Gasteiger partial charge in [-0.2, -0.15) is 0 Å². The lowest BCUT2D eigenvalue weighted by Gasteiger charge is -2.19. The van der Waals surface area contributed by atoms with Crippen molar-refractivity contribution in [2.24, 2.45) is 5.73 Å². The lowest BCUT2D eigenvalue weighted by Crippen LogP contribution is -2.23. The van der Waals surface area contributed by atoms with E-state index in [1.54, 1.807) is 14.2 Å². The van der Waals surface area contributed by atoms with Crippen molar-refractivity contribution < 1.29 is 23.7 Å². The van der Waals surface area contributed by atoms with Gasteiger partial charge in [0.25, 0.3) is 0 Å². The van der Waals surface area contributed by atoms with Crippen LogP contribution in [0.1, 0.15) is 87.8 Å². The van der Waals surface area contributed by atoms with Gasteiger partial charge in [0.1, 0.15) is 23.4 Å². The number of hydrogen-bond donors (Lipinski definition) is 1. The first-order valence-corrected chi connectivity index (χ1v) is 13.0. The molecule has 1 atom stereocenters. The molecular weight excluding hydrogens is 442 g/mol. The predicted octanol–water partition coefficient (Wildman–Crippen LogP) is 6.35. The summed E-state index contributed by atoms with van der Waals surface area (Å²) in [5.41, 5.74) is 8.27. The molecule has 6 nitrogen and oxygen atoms in total. The number of carbonyl (C=O) groups excluding carboxylic acids is 1. The molecule has 1 aliphatic carbocycles. The third kappa shape index (κ3) is 8.77. The van der Waals surface area contributed by atoms with Crippen molar-refractivity contribution in [2.75, 3.05) is 20.8 Å². The maximum absolute atomic E-state index is 12.5. The molecule has 35 heavy (non-hydrogen) atoms. The summed E-state index contributed by atoms with van der Waals surface area (Å²) in [5.74, 6) is 1.70. The minimum absolute atomic E-state index is 0.00498. The van der Waals surface area contributed by atoms with Crippen molar-refractivity contribution in [3.63, 3.8) is 0 Å². The Bertz CT molecular complexity index is 886. The fourth-order valence-corrected chi connectivity index (χ4v) is 4.63. The van der Waals surface area contributed by atoms with Gasteiger partial charge in [-0.1, -0.05) is 57.1 Å². The zero-order chi connectivity index (χ0) is 24.9. The van der Waals surface area contributed by atoms with Crippen LogP contribution in [0.5, 0.6) is 17.2 Å². The van der Waals surface area contributed by atoms with Crippen molar-refractivity contribution in [3.05, 3.63) is 53.6 Å². The Labute approximate surface area is 210 Å². The number of rotatable bonds is 8. The fourth-order valence-electron chi connectivity index (χ4n) is 4.63. The molecule has 0 aliphatic heterocycles. The van der Waals surface area contributed by atoms with Crippen LogP contribution in [-0.4, -0.2) is 32.9 Å². The highest BCUT2D eigenvalue weighted by atomic mass is 16.6. The van der Waals surface area contributed by atoms with Crippen LogP contribution in [0.25, 0.3) is 0 Å². The summed E-state index contributed by atoms with van der Waals surface area (Å²) in [6, 6.07) is 12.7. The van der Waals surface area contributed by atoms with E-state index in [0.717, 1.165) is 36.8 Å². The number of esters is 1. The van der Waals surface area contributed by atoms with E-state index in [2.05, 4.69) is 0 Å². The molecule has 192 valence electrons. The van der Waals surface area contributed by atoms with E-state index in [1.807, 2.05) is 42.5 Å². The van der Waals surface area contributed by atoms with Gasteiger partial charge >= 0.3 is 5.97 Å². The largest absolute Gasteiger partial charge is 0.497 e. The van der Waals surface area contributed by atoms with E-state index < -0.39 is 0 Å². The van der Waals surface area contributed by atoms with Crippen LogP contribution in [0.2, 0.25) is 0 Å². The average Bonchev–Trinajstić information content (AvgIpc) is 2.88. The van der Waals surface area contributed by atoms with Crippen LogP contribution < -0.4 is 19.9 Å². The molecule has 0 radical (unpaired) electrons. The van der Waals surface area contributed by atoms with Gasteiger partial charge < -0.3 is 24.7 Å². The molecule has 3 rings (SSSR count). The topological polar surface area (TPSA) is 80.0 Å². The minimum Gasteiger partial charge on any atom is -0.497 e. The second-order valence-corrected chi connectivity index (χ2v) is 9.31. The maximum Gasteiger partial charge on any atom is 0.344 e. The van der Waals surface area contributed by atoms with Crippen LogP contribution in [0.4, 0.5) is 0 Å². The number of nitrogens with two attached hydrogens (primary N) is 1. The molecule has 1 fully saturated rings. The van der Waals surface area contributed by atoms with E-state index in [0.29, 0.717) is 17.2 Å². The number of carbonyl (C=O) groups is 1. The van der Waals surface area contributed by atoms with E-state index in [1.165, 1.54) is 44.9 Å². The molecule has 1 saturated carbocycles. The summed E-state index contributed by atoms with van der Waals surface area (Å²) < 4.78 is 22.2. The molecular formula is C29H41NO5. The van der Waals surface area contributed by atoms with Crippen molar-refractivity contribution in [2.45, 2.75) is 82.8 Å². The molecule has 0 spiro atoms. The summed E-state index contributed by atoms with van der Waals surface area (Å²) in [6.45, 7) is -0.0891. The van der Waals surface area contributed by atoms with Crippen molar-refractivity contribution >= 4 is 5.97 Å². The lowest BCUT2D eigenvalue weighted by atomic mass is 9.98. The summed E-state index contributed by atoms with van der Waals surface area (Å²) in [5, 5.41) is 0. The second-order valence-electron chi connectivity index (χ2n) is 9.31. The van der Waals surface area contributed by atoms with Crippen LogP contribution in [-0.2, 0) is 9.53 Å². The number of benzene rings is 2. The molecule has 1 unspecified atom stereocenters. The van der Waals surface area contributed by atoms with Crippen LogP contribution >= 0.6 is 0 Å². The average molecular weight is 484 g/mol. The molecule has 0 amide bonds. The summed E-state index contributed by atoms with van der Waals surface area (Å²) in [7, 11) is 3.23. The highest BCUT2D eigenvalue weighted by Gasteiger charge is 2.17. The molecule has 1 aliphatic rings. The molecule has 0 bridgehead atoms. The second kappa shape index (κ2) is 14.6. The van der Waals surface area contributed by atoms with Crippen LogP contribution in [0.15, 0.2) is 42.5 Å². The lowest BCUT2D eigenvalue weighted by molar-refractivity contribution is -0.152. The third-order valence-corrected chi connectivity index (χ3v) is 6.72. The Kier molecular flexibility index (Phi) is 11.2. The smallest absolute Gasteiger partial charge is 0.344 e. The number of methoxy groups -OCH3 is 2. The molecule has 2 N–H and O–H groups in total. The molecule has 6 heteroatoms. The van der Waals surface area contributed by atoms with E-state index in [4.69, 9.17) is 24.7 Å². The van der Waals surface area contributed by atoms with E-state index >= 15 is 0 Å². The Hall–Kier alpha value is -2.73. The van der Waals surface area contributed by atoms with E-state index in [-0.39, 0.29) is 24.7 Å². The normalized spacial score (nSPS) is 16.9. The predicted molar refractivity (Wildman–Crippen MR) is 138 cm³/mol. The van der Waals surface area contributed by atoms with Gasteiger partial charge in [-0.05, 0) is 55.5 Å². The summed E-state index contributed by atoms with van der Waals surface area (Å²) in [4.78, 5) is 12.5. The Morgan fingerprint density at radius 2 is 1.40 bits per heavy atom. The third-order valence-electron chi connectivity index (χ3n) is 6.72.